The van der Waals surface area contributed by atoms with Crippen molar-refractivity contribution < 1.29 is 19.4 Å². The van der Waals surface area contributed by atoms with Gasteiger partial charge in [0.2, 0.25) is 5.91 Å². The summed E-state index contributed by atoms with van der Waals surface area (Å²) < 4.78 is 5.24. The van der Waals surface area contributed by atoms with E-state index in [9.17, 15) is 14.7 Å². The number of rotatable bonds is 7. The molecule has 2 unspecified atom stereocenters. The number of hydrogen-bond acceptors (Lipinski definition) is 3. The van der Waals surface area contributed by atoms with E-state index in [1.54, 1.807) is 6.92 Å². The Morgan fingerprint density at radius 1 is 1.37 bits per heavy atom. The van der Waals surface area contributed by atoms with E-state index in [4.69, 9.17) is 4.74 Å². The van der Waals surface area contributed by atoms with E-state index in [0.29, 0.717) is 0 Å². The SMILES string of the molecule is CCCC(CCC)C(=O)NC1COCC1(C)C(=O)O. The van der Waals surface area contributed by atoms with Gasteiger partial charge in [-0.25, -0.2) is 0 Å². The highest BCUT2D eigenvalue weighted by Gasteiger charge is 2.47. The van der Waals surface area contributed by atoms with Crippen LogP contribution in [0.3, 0.4) is 0 Å². The molecule has 1 fully saturated rings. The smallest absolute Gasteiger partial charge is 0.313 e. The quantitative estimate of drug-likeness (QED) is 0.740. The number of aliphatic carboxylic acids is 1. The molecule has 110 valence electrons. The maximum atomic E-state index is 12.2. The standard InChI is InChI=1S/C14H25NO4/c1-4-6-10(7-5-2)12(16)15-11-8-19-9-14(11,3)13(17)18/h10-11H,4-9H2,1-3H3,(H,15,16)(H,17,18). The number of hydrogen-bond donors (Lipinski definition) is 2. The van der Waals surface area contributed by atoms with Crippen molar-refractivity contribution in [1.82, 2.24) is 5.32 Å². The Bertz CT molecular complexity index is 325. The van der Waals surface area contributed by atoms with Crippen LogP contribution in [0.4, 0.5) is 0 Å². The topological polar surface area (TPSA) is 75.6 Å². The molecule has 0 bridgehead atoms. The molecule has 5 nitrogen and oxygen atoms in total. The normalized spacial score (nSPS) is 26.6. The summed E-state index contributed by atoms with van der Waals surface area (Å²) in [5.41, 5.74) is -1.02. The van der Waals surface area contributed by atoms with Crippen molar-refractivity contribution in [2.75, 3.05) is 13.2 Å². The van der Waals surface area contributed by atoms with Crippen molar-refractivity contribution >= 4 is 11.9 Å². The van der Waals surface area contributed by atoms with E-state index in [2.05, 4.69) is 19.2 Å². The first-order chi connectivity index (χ1) is 8.95. The maximum Gasteiger partial charge on any atom is 0.313 e. The summed E-state index contributed by atoms with van der Waals surface area (Å²) in [6.07, 6.45) is 3.60. The molecule has 1 rings (SSSR count). The molecule has 0 spiro atoms. The summed E-state index contributed by atoms with van der Waals surface area (Å²) in [6, 6.07) is -0.436. The van der Waals surface area contributed by atoms with Crippen molar-refractivity contribution in [3.8, 4) is 0 Å². The minimum atomic E-state index is -1.02. The predicted octanol–water partition coefficient (Wildman–Crippen LogP) is 1.81. The van der Waals surface area contributed by atoms with Gasteiger partial charge in [0.25, 0.3) is 0 Å². The van der Waals surface area contributed by atoms with Crippen LogP contribution in [0.2, 0.25) is 0 Å². The van der Waals surface area contributed by atoms with Gasteiger partial charge in [0.15, 0.2) is 0 Å². The lowest BCUT2D eigenvalue weighted by Gasteiger charge is -2.27. The molecule has 2 N–H and O–H groups in total. The Labute approximate surface area is 114 Å². The lowest BCUT2D eigenvalue weighted by Crippen LogP contribution is -2.51. The second-order valence-corrected chi connectivity index (χ2v) is 5.57. The fourth-order valence-corrected chi connectivity index (χ4v) is 2.48. The molecular weight excluding hydrogens is 246 g/mol. The Balaban J connectivity index is 2.66. The van der Waals surface area contributed by atoms with Crippen LogP contribution < -0.4 is 5.32 Å². The average molecular weight is 271 g/mol. The number of carboxylic acids is 1. The highest BCUT2D eigenvalue weighted by atomic mass is 16.5. The Kier molecular flexibility index (Phi) is 5.79. The number of carbonyl (C=O) groups excluding carboxylic acids is 1. The zero-order valence-corrected chi connectivity index (χ0v) is 12.1. The lowest BCUT2D eigenvalue weighted by atomic mass is 9.85. The first-order valence-corrected chi connectivity index (χ1v) is 7.07. The molecule has 1 aliphatic heterocycles. The van der Waals surface area contributed by atoms with Crippen molar-refractivity contribution in [3.05, 3.63) is 0 Å². The largest absolute Gasteiger partial charge is 0.481 e. The highest BCUT2D eigenvalue weighted by Crippen LogP contribution is 2.29. The van der Waals surface area contributed by atoms with Gasteiger partial charge in [0.1, 0.15) is 5.41 Å². The maximum absolute atomic E-state index is 12.2. The fourth-order valence-electron chi connectivity index (χ4n) is 2.48. The van der Waals surface area contributed by atoms with Gasteiger partial charge in [-0.2, -0.15) is 0 Å². The van der Waals surface area contributed by atoms with Crippen LogP contribution >= 0.6 is 0 Å². The third-order valence-corrected chi connectivity index (χ3v) is 3.91. The fraction of sp³-hybridized carbons (Fsp3) is 0.857. The Morgan fingerprint density at radius 2 is 1.95 bits per heavy atom. The minimum Gasteiger partial charge on any atom is -0.481 e. The molecule has 0 aliphatic carbocycles. The molecule has 1 amide bonds. The molecule has 0 radical (unpaired) electrons. The van der Waals surface area contributed by atoms with Gasteiger partial charge < -0.3 is 15.2 Å². The zero-order chi connectivity index (χ0) is 14.5. The van der Waals surface area contributed by atoms with Crippen molar-refractivity contribution in [1.29, 1.82) is 0 Å². The first kappa shape index (κ1) is 16.0. The molecule has 5 heteroatoms. The number of carboxylic acid groups (broad SMARTS) is 1. The molecule has 0 aromatic carbocycles. The van der Waals surface area contributed by atoms with Crippen LogP contribution in [0.25, 0.3) is 0 Å². The summed E-state index contributed by atoms with van der Waals surface area (Å²) in [5.74, 6) is -0.974. The average Bonchev–Trinajstić information content (AvgIpc) is 2.72. The van der Waals surface area contributed by atoms with E-state index in [1.807, 2.05) is 0 Å². The van der Waals surface area contributed by atoms with Gasteiger partial charge in [0, 0.05) is 5.92 Å². The van der Waals surface area contributed by atoms with Crippen molar-refractivity contribution in [2.45, 2.75) is 52.5 Å². The molecular formula is C14H25NO4. The molecule has 0 aromatic heterocycles. The number of nitrogens with one attached hydrogen (secondary N) is 1. The van der Waals surface area contributed by atoms with Crippen LogP contribution in [-0.2, 0) is 14.3 Å². The third-order valence-electron chi connectivity index (χ3n) is 3.91. The van der Waals surface area contributed by atoms with Gasteiger partial charge in [-0.3, -0.25) is 9.59 Å². The van der Waals surface area contributed by atoms with Gasteiger partial charge in [-0.1, -0.05) is 26.7 Å². The molecule has 0 saturated carbocycles. The summed E-state index contributed by atoms with van der Waals surface area (Å²) in [7, 11) is 0. The van der Waals surface area contributed by atoms with Gasteiger partial charge >= 0.3 is 5.97 Å². The molecule has 2 atom stereocenters. The predicted molar refractivity (Wildman–Crippen MR) is 71.8 cm³/mol. The van der Waals surface area contributed by atoms with Gasteiger partial charge in [-0.05, 0) is 19.8 Å². The van der Waals surface area contributed by atoms with Crippen LogP contribution in [0, 0.1) is 11.3 Å². The van der Waals surface area contributed by atoms with Crippen LogP contribution in [0.15, 0.2) is 0 Å². The van der Waals surface area contributed by atoms with E-state index in [-0.39, 0.29) is 25.0 Å². The second-order valence-electron chi connectivity index (χ2n) is 5.57. The molecule has 1 aliphatic rings. The second kappa shape index (κ2) is 6.89. The molecule has 1 saturated heterocycles. The summed E-state index contributed by atoms with van der Waals surface area (Å²) >= 11 is 0. The number of ether oxygens (including phenoxy) is 1. The summed E-state index contributed by atoms with van der Waals surface area (Å²) in [4.78, 5) is 23.5. The van der Waals surface area contributed by atoms with Crippen LogP contribution in [-0.4, -0.2) is 36.2 Å². The number of carbonyl (C=O) groups is 2. The Hall–Kier alpha value is -1.10. The summed E-state index contributed by atoms with van der Waals surface area (Å²) in [5, 5.41) is 12.1. The lowest BCUT2D eigenvalue weighted by molar-refractivity contribution is -0.149. The van der Waals surface area contributed by atoms with E-state index in [1.165, 1.54) is 0 Å². The summed E-state index contributed by atoms with van der Waals surface area (Å²) in [6.45, 7) is 6.16. The highest BCUT2D eigenvalue weighted by molar-refractivity contribution is 5.81. The first-order valence-electron chi connectivity index (χ1n) is 7.07. The van der Waals surface area contributed by atoms with Gasteiger partial charge in [0.05, 0.1) is 19.3 Å². The van der Waals surface area contributed by atoms with E-state index < -0.39 is 17.4 Å². The molecule has 0 aromatic rings. The molecule has 19 heavy (non-hydrogen) atoms. The van der Waals surface area contributed by atoms with Crippen LogP contribution in [0.1, 0.15) is 46.5 Å². The van der Waals surface area contributed by atoms with Crippen molar-refractivity contribution in [3.63, 3.8) is 0 Å². The monoisotopic (exact) mass is 271 g/mol. The van der Waals surface area contributed by atoms with E-state index >= 15 is 0 Å². The number of amides is 1. The minimum absolute atomic E-state index is 0.0198. The van der Waals surface area contributed by atoms with Crippen LogP contribution in [0.5, 0.6) is 0 Å². The third kappa shape index (κ3) is 3.69. The molecule has 1 heterocycles. The van der Waals surface area contributed by atoms with Gasteiger partial charge in [-0.15, -0.1) is 0 Å². The zero-order valence-electron chi connectivity index (χ0n) is 12.1. The van der Waals surface area contributed by atoms with Crippen molar-refractivity contribution in [2.24, 2.45) is 11.3 Å². The van der Waals surface area contributed by atoms with E-state index in [0.717, 1.165) is 25.7 Å². The Morgan fingerprint density at radius 3 is 2.42 bits per heavy atom.